The number of alkyl halides is 1. The highest BCUT2D eigenvalue weighted by Crippen LogP contribution is 2.29. The predicted molar refractivity (Wildman–Crippen MR) is 104 cm³/mol. The molecule has 0 fully saturated rings. The van der Waals surface area contributed by atoms with Gasteiger partial charge in [0, 0.05) is 17.4 Å². The summed E-state index contributed by atoms with van der Waals surface area (Å²) in [5, 5.41) is 3.29. The third-order valence-electron chi connectivity index (χ3n) is 3.87. The molecule has 0 amide bonds. The van der Waals surface area contributed by atoms with Crippen LogP contribution in [0, 0.1) is 6.92 Å². The second-order valence-corrected chi connectivity index (χ2v) is 10.0. The van der Waals surface area contributed by atoms with Gasteiger partial charge in [0.05, 0.1) is 27.3 Å². The second-order valence-electron chi connectivity index (χ2n) is 6.80. The lowest BCUT2D eigenvalue weighted by atomic mass is 10.0. The summed E-state index contributed by atoms with van der Waals surface area (Å²) in [6.07, 6.45) is 2.48. The van der Waals surface area contributed by atoms with Crippen LogP contribution in [0.3, 0.4) is 0 Å². The molecule has 0 saturated carbocycles. The van der Waals surface area contributed by atoms with Crippen molar-refractivity contribution < 1.29 is 13.2 Å². The van der Waals surface area contributed by atoms with Crippen molar-refractivity contribution in [3.63, 3.8) is 0 Å². The fraction of sp³-hybridized carbons (Fsp3) is 0.471. The molecule has 0 aliphatic rings. The maximum Gasteiger partial charge on any atom is 0.148 e. The Hall–Kier alpha value is -1.54. The average molecular weight is 428 g/mol. The first-order chi connectivity index (χ1) is 11.5. The Bertz CT molecular complexity index is 897. The number of rotatable bonds is 7. The first kappa shape index (κ1) is 19.8. The first-order valence-electron chi connectivity index (χ1n) is 7.85. The van der Waals surface area contributed by atoms with Crippen molar-refractivity contribution in [1.82, 2.24) is 9.97 Å². The van der Waals surface area contributed by atoms with E-state index in [4.69, 9.17) is 0 Å². The molecule has 1 N–H and O–H groups in total. The molecule has 2 aromatic rings. The van der Waals surface area contributed by atoms with Gasteiger partial charge >= 0.3 is 0 Å². The number of halogens is 1. The van der Waals surface area contributed by atoms with Crippen LogP contribution in [0.2, 0.25) is 0 Å². The van der Waals surface area contributed by atoms with E-state index in [1.165, 1.54) is 6.26 Å². The monoisotopic (exact) mass is 427 g/mol. The third kappa shape index (κ3) is 5.22. The number of carbonyl (C=O) groups is 1. The van der Waals surface area contributed by atoms with Gasteiger partial charge in [-0.05, 0) is 33.3 Å². The van der Waals surface area contributed by atoms with Gasteiger partial charge in [-0.1, -0.05) is 28.1 Å². The number of anilines is 1. The second kappa shape index (κ2) is 7.37. The molecule has 136 valence electrons. The number of fused-ring (bicyclic) bond motifs is 1. The van der Waals surface area contributed by atoms with Crippen molar-refractivity contribution in [3.05, 3.63) is 29.5 Å². The van der Waals surface area contributed by atoms with E-state index in [1.54, 1.807) is 0 Å². The molecular weight excluding hydrogens is 406 g/mol. The molecule has 0 aliphatic carbocycles. The standard InChI is InChI=1S/C17H22BrN3O3S/c1-11-16(21-17(2,3)8-9-25(4,23)24)20-15-12(13(18)10-22)6-5-7-14(15)19-11/h5-7,10,13H,8-9H2,1-4H3,(H,20,21). The topological polar surface area (TPSA) is 89.0 Å². The van der Waals surface area contributed by atoms with E-state index in [0.717, 1.165) is 11.8 Å². The van der Waals surface area contributed by atoms with E-state index < -0.39 is 20.2 Å². The highest BCUT2D eigenvalue weighted by molar-refractivity contribution is 9.09. The van der Waals surface area contributed by atoms with Crippen molar-refractivity contribution in [2.24, 2.45) is 0 Å². The van der Waals surface area contributed by atoms with Gasteiger partial charge in [-0.25, -0.2) is 18.4 Å². The Morgan fingerprint density at radius 3 is 2.60 bits per heavy atom. The van der Waals surface area contributed by atoms with Crippen LogP contribution in [0.15, 0.2) is 18.2 Å². The molecular formula is C17H22BrN3O3S. The van der Waals surface area contributed by atoms with Crippen LogP contribution in [0.1, 0.15) is 36.4 Å². The zero-order valence-corrected chi connectivity index (χ0v) is 17.1. The maximum absolute atomic E-state index is 11.4. The summed E-state index contributed by atoms with van der Waals surface area (Å²) in [5.74, 6) is 0.677. The minimum Gasteiger partial charge on any atom is -0.364 e. The Labute approximate surface area is 156 Å². The smallest absolute Gasteiger partial charge is 0.148 e. The molecule has 1 heterocycles. The van der Waals surface area contributed by atoms with Gasteiger partial charge in [-0.2, -0.15) is 0 Å². The van der Waals surface area contributed by atoms with E-state index >= 15 is 0 Å². The highest BCUT2D eigenvalue weighted by Gasteiger charge is 2.22. The lowest BCUT2D eigenvalue weighted by Crippen LogP contribution is -2.34. The summed E-state index contributed by atoms with van der Waals surface area (Å²) in [6, 6.07) is 5.52. The minimum atomic E-state index is -3.04. The summed E-state index contributed by atoms with van der Waals surface area (Å²) < 4.78 is 22.9. The van der Waals surface area contributed by atoms with E-state index in [9.17, 15) is 13.2 Å². The SMILES string of the molecule is Cc1nc2cccc(C(Br)C=O)c2nc1NC(C)(C)CCS(C)(=O)=O. The molecule has 1 atom stereocenters. The largest absolute Gasteiger partial charge is 0.364 e. The number of benzene rings is 1. The van der Waals surface area contributed by atoms with Crippen LogP contribution in [0.4, 0.5) is 5.82 Å². The molecule has 0 bridgehead atoms. The van der Waals surface area contributed by atoms with E-state index in [1.807, 2.05) is 39.0 Å². The van der Waals surface area contributed by atoms with Crippen molar-refractivity contribution in [2.75, 3.05) is 17.3 Å². The summed E-state index contributed by atoms with van der Waals surface area (Å²) in [6.45, 7) is 5.70. The van der Waals surface area contributed by atoms with Crippen molar-refractivity contribution in [1.29, 1.82) is 0 Å². The van der Waals surface area contributed by atoms with E-state index in [0.29, 0.717) is 29.0 Å². The van der Waals surface area contributed by atoms with Crippen LogP contribution in [0.25, 0.3) is 11.0 Å². The van der Waals surface area contributed by atoms with Crippen molar-refractivity contribution in [3.8, 4) is 0 Å². The Balaban J connectivity index is 2.41. The summed E-state index contributed by atoms with van der Waals surface area (Å²) in [5.41, 5.74) is 2.35. The molecule has 0 aliphatic heterocycles. The van der Waals surface area contributed by atoms with Gasteiger partial charge in [-0.3, -0.25) is 0 Å². The summed E-state index contributed by atoms with van der Waals surface area (Å²) >= 11 is 3.33. The molecule has 2 rings (SSSR count). The Morgan fingerprint density at radius 1 is 1.32 bits per heavy atom. The number of nitrogens with one attached hydrogen (secondary N) is 1. The minimum absolute atomic E-state index is 0.0902. The van der Waals surface area contributed by atoms with Crippen LogP contribution < -0.4 is 5.32 Å². The highest BCUT2D eigenvalue weighted by atomic mass is 79.9. The van der Waals surface area contributed by atoms with E-state index in [-0.39, 0.29) is 5.75 Å². The van der Waals surface area contributed by atoms with Gasteiger partial charge in [0.25, 0.3) is 0 Å². The van der Waals surface area contributed by atoms with Gasteiger partial charge in [-0.15, -0.1) is 0 Å². The number of aldehydes is 1. The molecule has 25 heavy (non-hydrogen) atoms. The number of aromatic nitrogens is 2. The number of aryl methyl sites for hydroxylation is 1. The molecule has 1 aromatic heterocycles. The number of para-hydroxylation sites is 1. The van der Waals surface area contributed by atoms with E-state index in [2.05, 4.69) is 31.2 Å². The first-order valence-corrected chi connectivity index (χ1v) is 10.8. The lowest BCUT2D eigenvalue weighted by Gasteiger charge is -2.27. The van der Waals surface area contributed by atoms with Crippen LogP contribution >= 0.6 is 15.9 Å². The van der Waals surface area contributed by atoms with Gasteiger partial charge in [0.1, 0.15) is 21.9 Å². The zero-order valence-electron chi connectivity index (χ0n) is 14.7. The van der Waals surface area contributed by atoms with Crippen LogP contribution in [-0.2, 0) is 14.6 Å². The van der Waals surface area contributed by atoms with Crippen LogP contribution in [-0.4, -0.2) is 42.2 Å². The summed E-state index contributed by atoms with van der Waals surface area (Å²) in [4.78, 5) is 19.9. The number of hydrogen-bond donors (Lipinski definition) is 1. The molecule has 8 heteroatoms. The van der Waals surface area contributed by atoms with Gasteiger partial charge < -0.3 is 10.1 Å². The normalized spacial score (nSPS) is 13.6. The molecule has 0 spiro atoms. The molecule has 0 radical (unpaired) electrons. The molecule has 6 nitrogen and oxygen atoms in total. The molecule has 1 unspecified atom stereocenters. The Morgan fingerprint density at radius 2 is 2.00 bits per heavy atom. The Kier molecular flexibility index (Phi) is 5.83. The number of sulfone groups is 1. The molecule has 1 aromatic carbocycles. The fourth-order valence-electron chi connectivity index (χ4n) is 2.42. The zero-order chi connectivity index (χ0) is 18.8. The molecule has 0 saturated heterocycles. The van der Waals surface area contributed by atoms with Gasteiger partial charge in [0.2, 0.25) is 0 Å². The number of carbonyl (C=O) groups excluding carboxylic acids is 1. The van der Waals surface area contributed by atoms with Crippen LogP contribution in [0.5, 0.6) is 0 Å². The quantitative estimate of drug-likeness (QED) is 0.538. The number of nitrogens with zero attached hydrogens (tertiary/aromatic N) is 2. The average Bonchev–Trinajstić information content (AvgIpc) is 2.52. The van der Waals surface area contributed by atoms with Gasteiger partial charge in [0.15, 0.2) is 0 Å². The van der Waals surface area contributed by atoms with Crippen molar-refractivity contribution >= 4 is 48.9 Å². The lowest BCUT2D eigenvalue weighted by molar-refractivity contribution is -0.107. The summed E-state index contributed by atoms with van der Waals surface area (Å²) in [7, 11) is -3.04. The fourth-order valence-corrected chi connectivity index (χ4v) is 3.68. The van der Waals surface area contributed by atoms with Crippen molar-refractivity contribution in [2.45, 2.75) is 37.6 Å². The number of hydrogen-bond acceptors (Lipinski definition) is 6. The third-order valence-corrected chi connectivity index (χ3v) is 5.53. The predicted octanol–water partition coefficient (Wildman–Crippen LogP) is 3.20. The maximum atomic E-state index is 11.4.